The monoisotopic (exact) mass is 389 g/mol. The van der Waals surface area contributed by atoms with E-state index < -0.39 is 0 Å². The van der Waals surface area contributed by atoms with Crippen LogP contribution in [-0.4, -0.2) is 9.97 Å². The molecule has 2 heterocycles. The molecule has 6 heteroatoms. The van der Waals surface area contributed by atoms with Crippen LogP contribution in [0.15, 0.2) is 65.5 Å². The third-order valence-electron chi connectivity index (χ3n) is 4.04. The zero-order chi connectivity index (χ0) is 18.8. The van der Waals surface area contributed by atoms with Gasteiger partial charge in [0.1, 0.15) is 6.07 Å². The third kappa shape index (κ3) is 3.41. The van der Waals surface area contributed by atoms with E-state index in [1.807, 2.05) is 42.5 Å². The number of nitrogens with one attached hydrogen (secondary N) is 1. The summed E-state index contributed by atoms with van der Waals surface area (Å²) in [6.07, 6.45) is 1.72. The summed E-state index contributed by atoms with van der Waals surface area (Å²) in [7, 11) is 0. The summed E-state index contributed by atoms with van der Waals surface area (Å²) in [4.78, 5) is 21.2. The minimum atomic E-state index is -0.264. The summed E-state index contributed by atoms with van der Waals surface area (Å²) in [6, 6.07) is 20.7. The molecule has 0 aliphatic rings. The molecule has 4 rings (SSSR count). The van der Waals surface area contributed by atoms with Gasteiger partial charge < -0.3 is 4.98 Å². The number of allylic oxidation sites excluding steroid dienone is 1. The van der Waals surface area contributed by atoms with Crippen LogP contribution in [0.1, 0.15) is 10.7 Å². The molecule has 0 spiro atoms. The number of benzene rings is 2. The first-order valence-corrected chi connectivity index (χ1v) is 9.31. The molecule has 0 fully saturated rings. The van der Waals surface area contributed by atoms with E-state index in [1.54, 1.807) is 24.3 Å². The van der Waals surface area contributed by atoms with Crippen LogP contribution in [0.4, 0.5) is 0 Å². The normalized spacial score (nSPS) is 11.5. The van der Waals surface area contributed by atoms with Gasteiger partial charge in [0.25, 0.3) is 5.56 Å². The van der Waals surface area contributed by atoms with E-state index in [0.29, 0.717) is 21.5 Å². The van der Waals surface area contributed by atoms with Crippen molar-refractivity contribution in [3.63, 3.8) is 0 Å². The maximum atomic E-state index is 12.3. The number of thiophene rings is 1. The van der Waals surface area contributed by atoms with E-state index in [4.69, 9.17) is 11.6 Å². The van der Waals surface area contributed by atoms with Gasteiger partial charge in [0.2, 0.25) is 0 Å². The Balaban J connectivity index is 1.76. The van der Waals surface area contributed by atoms with Crippen LogP contribution >= 0.6 is 22.9 Å². The van der Waals surface area contributed by atoms with Crippen LogP contribution in [0.2, 0.25) is 5.02 Å². The van der Waals surface area contributed by atoms with Crippen molar-refractivity contribution in [1.29, 1.82) is 5.26 Å². The highest BCUT2D eigenvalue weighted by Crippen LogP contribution is 2.34. The maximum Gasteiger partial charge on any atom is 0.259 e. The summed E-state index contributed by atoms with van der Waals surface area (Å²) in [6.45, 7) is 0. The van der Waals surface area contributed by atoms with E-state index in [-0.39, 0.29) is 11.4 Å². The predicted octanol–water partition coefficient (Wildman–Crippen LogP) is 5.37. The Morgan fingerprint density at radius 2 is 1.89 bits per heavy atom. The van der Waals surface area contributed by atoms with E-state index >= 15 is 0 Å². The third-order valence-corrected chi connectivity index (χ3v) is 5.44. The van der Waals surface area contributed by atoms with Crippen molar-refractivity contribution in [3.05, 3.63) is 86.7 Å². The molecule has 2 aromatic carbocycles. The summed E-state index contributed by atoms with van der Waals surface area (Å²) >= 11 is 7.77. The number of aromatic amines is 1. The van der Waals surface area contributed by atoms with Crippen molar-refractivity contribution >= 4 is 45.5 Å². The van der Waals surface area contributed by atoms with Crippen molar-refractivity contribution in [2.45, 2.75) is 0 Å². The average Bonchev–Trinajstić information content (AvgIpc) is 3.15. The molecule has 27 heavy (non-hydrogen) atoms. The van der Waals surface area contributed by atoms with Crippen LogP contribution in [0.25, 0.3) is 33.0 Å². The smallest absolute Gasteiger partial charge is 0.259 e. The van der Waals surface area contributed by atoms with Crippen LogP contribution < -0.4 is 5.56 Å². The van der Waals surface area contributed by atoms with Crippen LogP contribution in [-0.2, 0) is 0 Å². The molecule has 4 nitrogen and oxygen atoms in total. The highest BCUT2D eigenvalue weighted by molar-refractivity contribution is 7.16. The van der Waals surface area contributed by atoms with Gasteiger partial charge in [-0.15, -0.1) is 11.3 Å². The fraction of sp³-hybridized carbons (Fsp3) is 0. The lowest BCUT2D eigenvalue weighted by molar-refractivity contribution is 1.13. The Labute approximate surface area is 164 Å². The predicted molar refractivity (Wildman–Crippen MR) is 111 cm³/mol. The van der Waals surface area contributed by atoms with Gasteiger partial charge in [-0.2, -0.15) is 5.26 Å². The highest BCUT2D eigenvalue weighted by Gasteiger charge is 2.10. The Bertz CT molecular complexity index is 1280. The molecule has 130 valence electrons. The van der Waals surface area contributed by atoms with Crippen molar-refractivity contribution in [2.75, 3.05) is 0 Å². The van der Waals surface area contributed by atoms with Gasteiger partial charge in [0.05, 0.1) is 16.5 Å². The van der Waals surface area contributed by atoms with Crippen LogP contribution in [0.3, 0.4) is 0 Å². The van der Waals surface area contributed by atoms with E-state index in [1.165, 1.54) is 11.3 Å². The first kappa shape index (κ1) is 17.2. The summed E-state index contributed by atoms with van der Waals surface area (Å²) in [5, 5.41) is 10.7. The molecule has 0 aliphatic heterocycles. The lowest BCUT2D eigenvalue weighted by atomic mass is 10.2. The molecule has 0 aliphatic carbocycles. The van der Waals surface area contributed by atoms with Gasteiger partial charge in [0.15, 0.2) is 5.82 Å². The molecule has 0 amide bonds. The molecule has 0 atom stereocenters. The highest BCUT2D eigenvalue weighted by atomic mass is 35.5. The van der Waals surface area contributed by atoms with Gasteiger partial charge in [-0.05, 0) is 36.4 Å². The molecule has 0 radical (unpaired) electrons. The summed E-state index contributed by atoms with van der Waals surface area (Å²) in [5.74, 6) is 0.258. The Kier molecular flexibility index (Phi) is 4.59. The number of H-pyrrole nitrogens is 1. The maximum absolute atomic E-state index is 12.3. The first-order chi connectivity index (χ1) is 13.2. The van der Waals surface area contributed by atoms with E-state index in [9.17, 15) is 10.1 Å². The van der Waals surface area contributed by atoms with Gasteiger partial charge in [-0.1, -0.05) is 41.9 Å². The van der Waals surface area contributed by atoms with Crippen molar-refractivity contribution in [2.24, 2.45) is 0 Å². The van der Waals surface area contributed by atoms with E-state index in [0.717, 1.165) is 15.3 Å². The zero-order valence-electron chi connectivity index (χ0n) is 13.9. The number of para-hydroxylation sites is 1. The standard InChI is InChI=1S/C21H12ClN3OS/c22-17-7-3-1-5-15(17)19-10-9-14(27-19)11-13(12-23)20-24-18-8-4-2-6-16(18)21(26)25-20/h1-11H,(H,24,25,26). The number of nitriles is 1. The van der Waals surface area contributed by atoms with Crippen molar-refractivity contribution in [1.82, 2.24) is 9.97 Å². The topological polar surface area (TPSA) is 69.5 Å². The Morgan fingerprint density at radius 1 is 1.11 bits per heavy atom. The number of rotatable bonds is 3. The van der Waals surface area contributed by atoms with Gasteiger partial charge in [-0.25, -0.2) is 4.98 Å². The molecule has 1 N–H and O–H groups in total. The summed E-state index contributed by atoms with van der Waals surface area (Å²) < 4.78 is 0. The second kappa shape index (κ2) is 7.20. The number of hydrogen-bond donors (Lipinski definition) is 1. The molecule has 0 saturated carbocycles. The molecule has 4 aromatic rings. The lowest BCUT2D eigenvalue weighted by Gasteiger charge is -2.01. The van der Waals surface area contributed by atoms with Gasteiger partial charge in [-0.3, -0.25) is 4.79 Å². The number of halogens is 1. The second-order valence-electron chi connectivity index (χ2n) is 5.78. The quantitative estimate of drug-likeness (QED) is 0.479. The number of fused-ring (bicyclic) bond motifs is 1. The molecule has 0 unspecified atom stereocenters. The Morgan fingerprint density at radius 3 is 2.70 bits per heavy atom. The fourth-order valence-electron chi connectivity index (χ4n) is 2.75. The van der Waals surface area contributed by atoms with E-state index in [2.05, 4.69) is 16.0 Å². The minimum absolute atomic E-state index is 0.258. The minimum Gasteiger partial charge on any atom is -0.305 e. The fourth-order valence-corrected chi connectivity index (χ4v) is 4.03. The first-order valence-electron chi connectivity index (χ1n) is 8.11. The average molecular weight is 390 g/mol. The largest absolute Gasteiger partial charge is 0.305 e. The molecule has 0 bridgehead atoms. The molecular formula is C21H12ClN3OS. The van der Waals surface area contributed by atoms with Crippen LogP contribution in [0.5, 0.6) is 0 Å². The lowest BCUT2D eigenvalue weighted by Crippen LogP contribution is -2.11. The van der Waals surface area contributed by atoms with Crippen molar-refractivity contribution in [3.8, 4) is 16.5 Å². The Hall–Kier alpha value is -3.20. The zero-order valence-corrected chi connectivity index (χ0v) is 15.5. The van der Waals surface area contributed by atoms with Gasteiger partial charge >= 0.3 is 0 Å². The molecular weight excluding hydrogens is 378 g/mol. The second-order valence-corrected chi connectivity index (χ2v) is 7.31. The number of nitrogens with zero attached hydrogens (tertiary/aromatic N) is 2. The number of aromatic nitrogens is 2. The van der Waals surface area contributed by atoms with Crippen LogP contribution in [0, 0.1) is 11.3 Å². The SMILES string of the molecule is N#CC(=Cc1ccc(-c2ccccc2Cl)s1)c1nc2ccccc2c(=O)[nH]1. The number of hydrogen-bond acceptors (Lipinski definition) is 4. The summed E-state index contributed by atoms with van der Waals surface area (Å²) in [5.41, 5.74) is 1.53. The molecule has 2 aromatic heterocycles. The molecule has 0 saturated heterocycles. The van der Waals surface area contributed by atoms with Gasteiger partial charge in [0, 0.05) is 20.3 Å². The van der Waals surface area contributed by atoms with Crippen molar-refractivity contribution < 1.29 is 0 Å².